The molecule has 2 aliphatic rings. The Labute approximate surface area is 111 Å². The van der Waals surface area contributed by atoms with Crippen LogP contribution < -0.4 is 0 Å². The Balaban J connectivity index is 2.10. The number of carboxylic acids is 1. The average Bonchev–Trinajstić information content (AvgIpc) is 2.80. The Morgan fingerprint density at radius 2 is 1.67 bits per heavy atom. The lowest BCUT2D eigenvalue weighted by Crippen LogP contribution is -2.38. The van der Waals surface area contributed by atoms with Gasteiger partial charge in [0.05, 0.1) is 5.92 Å². The topological polar surface area (TPSA) is 37.3 Å². The zero-order valence-electron chi connectivity index (χ0n) is 12.1. The lowest BCUT2D eigenvalue weighted by atomic mass is 9.62. The molecule has 0 saturated heterocycles. The van der Waals surface area contributed by atoms with E-state index in [1.54, 1.807) is 0 Å². The first-order valence-electron chi connectivity index (χ1n) is 7.62. The van der Waals surface area contributed by atoms with Gasteiger partial charge in [-0.3, -0.25) is 4.79 Å². The van der Waals surface area contributed by atoms with E-state index in [0.717, 1.165) is 19.3 Å². The highest BCUT2D eigenvalue weighted by Gasteiger charge is 2.42. The van der Waals surface area contributed by atoms with E-state index in [-0.39, 0.29) is 5.92 Å². The highest BCUT2D eigenvalue weighted by Crippen LogP contribution is 2.48. The van der Waals surface area contributed by atoms with Gasteiger partial charge in [0.1, 0.15) is 0 Å². The van der Waals surface area contributed by atoms with Crippen molar-refractivity contribution in [2.45, 2.75) is 65.7 Å². The maximum atomic E-state index is 11.5. The lowest BCUT2D eigenvalue weighted by molar-refractivity contribution is -0.147. The van der Waals surface area contributed by atoms with Gasteiger partial charge in [0.15, 0.2) is 0 Å². The van der Waals surface area contributed by atoms with E-state index >= 15 is 0 Å². The Morgan fingerprint density at radius 3 is 2.17 bits per heavy atom. The van der Waals surface area contributed by atoms with Crippen LogP contribution in [0.2, 0.25) is 0 Å². The number of aliphatic carboxylic acids is 1. The van der Waals surface area contributed by atoms with Crippen LogP contribution >= 0.6 is 0 Å². The quantitative estimate of drug-likeness (QED) is 0.793. The standard InChI is InChI=1S/C16H28O2/c1-16(2,3)12-8-9-13(15(17)18)14(10-12)11-6-4-5-7-11/h11-14H,4-10H2,1-3H3,(H,17,18). The molecular formula is C16H28O2. The third-order valence-electron chi connectivity index (χ3n) is 5.45. The molecule has 0 spiro atoms. The van der Waals surface area contributed by atoms with Crippen molar-refractivity contribution in [3.63, 3.8) is 0 Å². The number of hydrogen-bond acceptors (Lipinski definition) is 1. The number of carbonyl (C=O) groups is 1. The molecule has 2 rings (SSSR count). The largest absolute Gasteiger partial charge is 0.481 e. The van der Waals surface area contributed by atoms with Crippen LogP contribution in [0.3, 0.4) is 0 Å². The second-order valence-electron chi connectivity index (χ2n) is 7.53. The van der Waals surface area contributed by atoms with E-state index < -0.39 is 5.97 Å². The van der Waals surface area contributed by atoms with E-state index in [4.69, 9.17) is 0 Å². The summed E-state index contributed by atoms with van der Waals surface area (Å²) in [5, 5.41) is 9.46. The Hall–Kier alpha value is -0.530. The molecule has 0 aromatic carbocycles. The normalized spacial score (nSPS) is 34.7. The van der Waals surface area contributed by atoms with E-state index in [9.17, 15) is 9.90 Å². The van der Waals surface area contributed by atoms with Crippen LogP contribution in [-0.2, 0) is 4.79 Å². The molecule has 0 radical (unpaired) electrons. The smallest absolute Gasteiger partial charge is 0.306 e. The van der Waals surface area contributed by atoms with Gasteiger partial charge in [0.2, 0.25) is 0 Å². The minimum absolute atomic E-state index is 0.0632. The van der Waals surface area contributed by atoms with Crippen LogP contribution in [0.15, 0.2) is 0 Å². The van der Waals surface area contributed by atoms with Crippen LogP contribution in [0.25, 0.3) is 0 Å². The maximum Gasteiger partial charge on any atom is 0.306 e. The maximum absolute atomic E-state index is 11.5. The average molecular weight is 252 g/mol. The van der Waals surface area contributed by atoms with Crippen LogP contribution in [-0.4, -0.2) is 11.1 Å². The summed E-state index contributed by atoms with van der Waals surface area (Å²) in [6.45, 7) is 6.93. The Morgan fingerprint density at radius 1 is 1.06 bits per heavy atom. The predicted octanol–water partition coefficient (Wildman–Crippen LogP) is 4.34. The van der Waals surface area contributed by atoms with Crippen molar-refractivity contribution >= 4 is 5.97 Å². The first kappa shape index (κ1) is 13.9. The molecule has 1 N–H and O–H groups in total. The fraction of sp³-hybridized carbons (Fsp3) is 0.938. The Kier molecular flexibility index (Phi) is 4.03. The molecule has 0 bridgehead atoms. The lowest BCUT2D eigenvalue weighted by Gasteiger charge is -2.42. The number of carboxylic acid groups (broad SMARTS) is 1. The van der Waals surface area contributed by atoms with Crippen molar-refractivity contribution in [2.75, 3.05) is 0 Å². The molecule has 3 unspecified atom stereocenters. The van der Waals surface area contributed by atoms with Gasteiger partial charge in [-0.15, -0.1) is 0 Å². The summed E-state index contributed by atoms with van der Waals surface area (Å²) < 4.78 is 0. The molecule has 0 aliphatic heterocycles. The van der Waals surface area contributed by atoms with Crippen molar-refractivity contribution in [1.29, 1.82) is 0 Å². The van der Waals surface area contributed by atoms with Crippen molar-refractivity contribution in [2.24, 2.45) is 29.1 Å². The second-order valence-corrected chi connectivity index (χ2v) is 7.53. The number of hydrogen-bond donors (Lipinski definition) is 1. The first-order chi connectivity index (χ1) is 8.39. The molecule has 0 aromatic rings. The van der Waals surface area contributed by atoms with Gasteiger partial charge in [-0.25, -0.2) is 0 Å². The summed E-state index contributed by atoms with van der Waals surface area (Å²) in [5.41, 5.74) is 0.334. The minimum Gasteiger partial charge on any atom is -0.481 e. The van der Waals surface area contributed by atoms with Gasteiger partial charge in [-0.1, -0.05) is 46.5 Å². The summed E-state index contributed by atoms with van der Waals surface area (Å²) in [6.07, 6.45) is 8.31. The van der Waals surface area contributed by atoms with Crippen LogP contribution in [0.4, 0.5) is 0 Å². The van der Waals surface area contributed by atoms with Gasteiger partial charge in [0, 0.05) is 0 Å². The molecule has 18 heavy (non-hydrogen) atoms. The molecule has 2 aliphatic carbocycles. The fourth-order valence-electron chi connectivity index (χ4n) is 4.21. The zero-order valence-corrected chi connectivity index (χ0v) is 12.1. The third-order valence-corrected chi connectivity index (χ3v) is 5.45. The molecular weight excluding hydrogens is 224 g/mol. The SMILES string of the molecule is CC(C)(C)C1CCC(C(=O)O)C(C2CCCC2)C1. The fourth-order valence-corrected chi connectivity index (χ4v) is 4.21. The van der Waals surface area contributed by atoms with Crippen LogP contribution in [0.5, 0.6) is 0 Å². The highest BCUT2D eigenvalue weighted by atomic mass is 16.4. The predicted molar refractivity (Wildman–Crippen MR) is 73.4 cm³/mol. The van der Waals surface area contributed by atoms with E-state index in [0.29, 0.717) is 23.2 Å². The van der Waals surface area contributed by atoms with Crippen LogP contribution in [0, 0.1) is 29.1 Å². The summed E-state index contributed by atoms with van der Waals surface area (Å²) in [6, 6.07) is 0. The summed E-state index contributed by atoms with van der Waals surface area (Å²) in [4.78, 5) is 11.5. The molecule has 3 atom stereocenters. The van der Waals surface area contributed by atoms with Gasteiger partial charge >= 0.3 is 5.97 Å². The van der Waals surface area contributed by atoms with E-state index in [1.165, 1.54) is 25.7 Å². The van der Waals surface area contributed by atoms with Crippen molar-refractivity contribution in [3.05, 3.63) is 0 Å². The monoisotopic (exact) mass is 252 g/mol. The first-order valence-corrected chi connectivity index (χ1v) is 7.62. The zero-order chi connectivity index (χ0) is 13.3. The minimum atomic E-state index is -0.542. The molecule has 2 nitrogen and oxygen atoms in total. The molecule has 2 heteroatoms. The summed E-state index contributed by atoms with van der Waals surface area (Å²) in [5.74, 6) is 1.24. The molecule has 2 fully saturated rings. The van der Waals surface area contributed by atoms with Gasteiger partial charge in [-0.05, 0) is 42.4 Å². The van der Waals surface area contributed by atoms with Crippen molar-refractivity contribution < 1.29 is 9.90 Å². The molecule has 0 aromatic heterocycles. The summed E-state index contributed by atoms with van der Waals surface area (Å²) >= 11 is 0. The van der Waals surface area contributed by atoms with E-state index in [1.807, 2.05) is 0 Å². The molecule has 2 saturated carbocycles. The Bertz CT molecular complexity index is 297. The molecule has 0 amide bonds. The van der Waals surface area contributed by atoms with Crippen molar-refractivity contribution in [1.82, 2.24) is 0 Å². The third kappa shape index (κ3) is 2.89. The van der Waals surface area contributed by atoms with Crippen molar-refractivity contribution in [3.8, 4) is 0 Å². The van der Waals surface area contributed by atoms with Crippen LogP contribution in [0.1, 0.15) is 65.7 Å². The molecule has 104 valence electrons. The highest BCUT2D eigenvalue weighted by molar-refractivity contribution is 5.70. The van der Waals surface area contributed by atoms with Gasteiger partial charge in [-0.2, -0.15) is 0 Å². The number of rotatable bonds is 2. The second kappa shape index (κ2) is 5.22. The molecule has 0 heterocycles. The van der Waals surface area contributed by atoms with Gasteiger partial charge < -0.3 is 5.11 Å². The van der Waals surface area contributed by atoms with E-state index in [2.05, 4.69) is 20.8 Å². The van der Waals surface area contributed by atoms with Gasteiger partial charge in [0.25, 0.3) is 0 Å². The summed E-state index contributed by atoms with van der Waals surface area (Å²) in [7, 11) is 0.